The molecule has 0 unspecified atom stereocenters. The van der Waals surface area contributed by atoms with Crippen molar-refractivity contribution in [2.24, 2.45) is 4.99 Å². The van der Waals surface area contributed by atoms with Gasteiger partial charge in [-0.1, -0.05) is 6.07 Å². The fraction of sp³-hybridized carbons (Fsp3) is 0.100. The minimum absolute atomic E-state index is 0.0918. The van der Waals surface area contributed by atoms with Crippen molar-refractivity contribution in [3.63, 3.8) is 0 Å². The summed E-state index contributed by atoms with van der Waals surface area (Å²) in [4.78, 5) is 25.2. The van der Waals surface area contributed by atoms with E-state index in [4.69, 9.17) is 10.2 Å². The van der Waals surface area contributed by atoms with E-state index < -0.39 is 11.9 Å². The van der Waals surface area contributed by atoms with Crippen LogP contribution < -0.4 is 5.32 Å². The third-order valence-corrected chi connectivity index (χ3v) is 2.21. The van der Waals surface area contributed by atoms with E-state index >= 15 is 0 Å². The molecule has 2 rings (SSSR count). The third kappa shape index (κ3) is 1.72. The number of aliphatic carboxylic acids is 1. The lowest BCUT2D eigenvalue weighted by Gasteiger charge is -2.15. The summed E-state index contributed by atoms with van der Waals surface area (Å²) in [6, 6.07) is 4.44. The lowest BCUT2D eigenvalue weighted by atomic mass is 10.1. The van der Waals surface area contributed by atoms with Crippen LogP contribution in [0.1, 0.15) is 15.9 Å². The maximum absolute atomic E-state index is 10.7. The average Bonchev–Trinajstić information content (AvgIpc) is 2.27. The van der Waals surface area contributed by atoms with Crippen LogP contribution in [0.5, 0.6) is 0 Å². The first-order chi connectivity index (χ1) is 7.58. The van der Waals surface area contributed by atoms with Gasteiger partial charge < -0.3 is 15.5 Å². The molecule has 0 spiro atoms. The van der Waals surface area contributed by atoms with E-state index in [1.54, 1.807) is 6.07 Å². The van der Waals surface area contributed by atoms with Crippen molar-refractivity contribution in [1.29, 1.82) is 0 Å². The summed E-state index contributed by atoms with van der Waals surface area (Å²) in [5, 5.41) is 20.1. The van der Waals surface area contributed by atoms with Gasteiger partial charge in [-0.15, -0.1) is 0 Å². The first-order valence-corrected chi connectivity index (χ1v) is 4.50. The number of nitrogens with zero attached hydrogens (tertiary/aromatic N) is 1. The Kier molecular flexibility index (Phi) is 2.32. The van der Waals surface area contributed by atoms with Gasteiger partial charge in [0.2, 0.25) is 5.84 Å². The molecule has 0 aromatic heterocycles. The van der Waals surface area contributed by atoms with Crippen LogP contribution in [0, 0.1) is 0 Å². The maximum atomic E-state index is 10.7. The first kappa shape index (κ1) is 10.2. The van der Waals surface area contributed by atoms with Crippen LogP contribution in [-0.2, 0) is 11.3 Å². The van der Waals surface area contributed by atoms with Gasteiger partial charge in [0.15, 0.2) is 0 Å². The van der Waals surface area contributed by atoms with Crippen molar-refractivity contribution in [2.75, 3.05) is 0 Å². The molecule has 1 aromatic rings. The molecule has 6 nitrogen and oxygen atoms in total. The zero-order valence-corrected chi connectivity index (χ0v) is 8.10. The zero-order valence-electron chi connectivity index (χ0n) is 8.10. The molecule has 1 aromatic carbocycles. The SMILES string of the molecule is O=C(O)C1=Nc2cc(C(=O)O)ccc2CN1. The molecule has 1 aliphatic rings. The Labute approximate surface area is 90.2 Å². The van der Waals surface area contributed by atoms with Gasteiger partial charge in [-0.05, 0) is 17.7 Å². The van der Waals surface area contributed by atoms with Gasteiger partial charge in [-0.25, -0.2) is 14.6 Å². The molecule has 0 bridgehead atoms. The Balaban J connectivity index is 2.47. The number of hydrogen-bond donors (Lipinski definition) is 3. The second kappa shape index (κ2) is 3.65. The molecule has 0 amide bonds. The van der Waals surface area contributed by atoms with E-state index in [0.717, 1.165) is 5.56 Å². The van der Waals surface area contributed by atoms with Crippen molar-refractivity contribution >= 4 is 23.5 Å². The molecule has 0 atom stereocenters. The number of nitrogens with one attached hydrogen (secondary N) is 1. The number of rotatable bonds is 2. The molecule has 0 saturated carbocycles. The summed E-state index contributed by atoms with van der Waals surface area (Å²) in [6.07, 6.45) is 0. The fourth-order valence-corrected chi connectivity index (χ4v) is 1.41. The quantitative estimate of drug-likeness (QED) is 0.677. The molecule has 1 aliphatic heterocycles. The van der Waals surface area contributed by atoms with E-state index in [-0.39, 0.29) is 11.4 Å². The highest BCUT2D eigenvalue weighted by Gasteiger charge is 2.17. The molecule has 3 N–H and O–H groups in total. The number of fused-ring (bicyclic) bond motifs is 1. The number of amidine groups is 1. The molecule has 6 heteroatoms. The van der Waals surface area contributed by atoms with Crippen molar-refractivity contribution in [1.82, 2.24) is 5.32 Å². The zero-order chi connectivity index (χ0) is 11.7. The smallest absolute Gasteiger partial charge is 0.371 e. The molecule has 16 heavy (non-hydrogen) atoms. The third-order valence-electron chi connectivity index (χ3n) is 2.21. The van der Waals surface area contributed by atoms with Crippen LogP contribution in [0.2, 0.25) is 0 Å². The van der Waals surface area contributed by atoms with Crippen LogP contribution in [0.15, 0.2) is 23.2 Å². The molecule has 82 valence electrons. The summed E-state index contributed by atoms with van der Waals surface area (Å²) in [5.74, 6) is -2.39. The Morgan fingerprint density at radius 2 is 2.00 bits per heavy atom. The van der Waals surface area contributed by atoms with Gasteiger partial charge in [0.1, 0.15) is 0 Å². The number of aromatic carboxylic acids is 1. The van der Waals surface area contributed by atoms with Gasteiger partial charge in [0, 0.05) is 6.54 Å². The number of benzene rings is 1. The topological polar surface area (TPSA) is 99.0 Å². The summed E-state index contributed by atoms with van der Waals surface area (Å²) in [6.45, 7) is 0.334. The summed E-state index contributed by atoms with van der Waals surface area (Å²) >= 11 is 0. The minimum atomic E-state index is -1.16. The highest BCUT2D eigenvalue weighted by atomic mass is 16.4. The summed E-state index contributed by atoms with van der Waals surface area (Å²) in [5.41, 5.74) is 1.25. The van der Waals surface area contributed by atoms with Gasteiger partial charge >= 0.3 is 11.9 Å². The van der Waals surface area contributed by atoms with Crippen LogP contribution >= 0.6 is 0 Å². The van der Waals surface area contributed by atoms with E-state index in [0.29, 0.717) is 12.2 Å². The van der Waals surface area contributed by atoms with E-state index in [9.17, 15) is 9.59 Å². The largest absolute Gasteiger partial charge is 0.478 e. The Bertz CT molecular complexity index is 508. The second-order valence-corrected chi connectivity index (χ2v) is 3.27. The predicted octanol–water partition coefficient (Wildman–Crippen LogP) is 0.603. The van der Waals surface area contributed by atoms with Crippen LogP contribution in [0.3, 0.4) is 0 Å². The molecular weight excluding hydrogens is 212 g/mol. The predicted molar refractivity (Wildman–Crippen MR) is 55.0 cm³/mol. The average molecular weight is 220 g/mol. The Morgan fingerprint density at radius 1 is 1.25 bits per heavy atom. The van der Waals surface area contributed by atoms with E-state index in [2.05, 4.69) is 10.3 Å². The number of hydrogen-bond acceptors (Lipinski definition) is 4. The highest BCUT2D eigenvalue weighted by molar-refractivity contribution is 6.35. The molecule has 0 saturated heterocycles. The van der Waals surface area contributed by atoms with Crippen molar-refractivity contribution in [3.05, 3.63) is 29.3 Å². The monoisotopic (exact) mass is 220 g/mol. The highest BCUT2D eigenvalue weighted by Crippen LogP contribution is 2.23. The van der Waals surface area contributed by atoms with Crippen LogP contribution in [0.25, 0.3) is 0 Å². The molecule has 0 radical (unpaired) electrons. The molecule has 0 aliphatic carbocycles. The molecular formula is C10H8N2O4. The van der Waals surface area contributed by atoms with Gasteiger partial charge in [-0.3, -0.25) is 0 Å². The standard InChI is InChI=1S/C10H8N2O4/c13-9(14)5-1-2-6-4-11-8(10(15)16)12-7(6)3-5/h1-3H,4H2,(H,11,12)(H,13,14)(H,15,16). The van der Waals surface area contributed by atoms with E-state index in [1.165, 1.54) is 12.1 Å². The number of aliphatic imine (C=N–C) groups is 1. The lowest BCUT2D eigenvalue weighted by molar-refractivity contribution is -0.129. The lowest BCUT2D eigenvalue weighted by Crippen LogP contribution is -2.32. The van der Waals surface area contributed by atoms with Gasteiger partial charge in [0.05, 0.1) is 11.3 Å². The Morgan fingerprint density at radius 3 is 2.62 bits per heavy atom. The second-order valence-electron chi connectivity index (χ2n) is 3.27. The van der Waals surface area contributed by atoms with Crippen LogP contribution in [-0.4, -0.2) is 28.0 Å². The van der Waals surface area contributed by atoms with Crippen molar-refractivity contribution < 1.29 is 19.8 Å². The van der Waals surface area contributed by atoms with Crippen LogP contribution in [0.4, 0.5) is 5.69 Å². The number of carbonyl (C=O) groups is 2. The Hall–Kier alpha value is -2.37. The molecule has 1 heterocycles. The summed E-state index contributed by atoms with van der Waals surface area (Å²) in [7, 11) is 0. The minimum Gasteiger partial charge on any atom is -0.478 e. The van der Waals surface area contributed by atoms with Crippen molar-refractivity contribution in [2.45, 2.75) is 6.54 Å². The molecule has 0 fully saturated rings. The first-order valence-electron chi connectivity index (χ1n) is 4.50. The van der Waals surface area contributed by atoms with Gasteiger partial charge in [-0.2, -0.15) is 0 Å². The normalized spacial score (nSPS) is 13.4. The maximum Gasteiger partial charge on any atom is 0.371 e. The fourth-order valence-electron chi connectivity index (χ4n) is 1.41. The van der Waals surface area contributed by atoms with Crippen molar-refractivity contribution in [3.8, 4) is 0 Å². The van der Waals surface area contributed by atoms with E-state index in [1.807, 2.05) is 0 Å². The van der Waals surface area contributed by atoms with Gasteiger partial charge in [0.25, 0.3) is 0 Å². The number of carboxylic acids is 2. The summed E-state index contributed by atoms with van der Waals surface area (Å²) < 4.78 is 0. The number of carboxylic acid groups (broad SMARTS) is 2.